The minimum Gasteiger partial charge on any atom is -0.395 e. The fourth-order valence-electron chi connectivity index (χ4n) is 2.86. The van der Waals surface area contributed by atoms with Crippen molar-refractivity contribution >= 4 is 29.9 Å². The molecule has 29 heavy (non-hydrogen) atoms. The van der Waals surface area contributed by atoms with Crippen LogP contribution in [-0.2, 0) is 23.4 Å². The molecule has 0 bridgehead atoms. The summed E-state index contributed by atoms with van der Waals surface area (Å²) in [7, 11) is -2.05. The van der Waals surface area contributed by atoms with E-state index in [0.717, 1.165) is 38.4 Å². The normalized spacial score (nSPS) is 24.1. The lowest BCUT2D eigenvalue weighted by Gasteiger charge is -2.28. The molecule has 0 amide bonds. The Labute approximate surface area is 177 Å². The van der Waals surface area contributed by atoms with Gasteiger partial charge in [0.1, 0.15) is 12.3 Å². The van der Waals surface area contributed by atoms with Crippen molar-refractivity contribution < 1.29 is 34.9 Å². The minimum atomic E-state index is -3.36. The number of likely N-dealkylation sites (tertiary alicyclic amines) is 2. The van der Waals surface area contributed by atoms with Crippen molar-refractivity contribution in [2.75, 3.05) is 65.0 Å². The fourth-order valence-corrected chi connectivity index (χ4v) is 3.24. The number of aliphatic hydroxyl groups is 1. The zero-order valence-electron chi connectivity index (χ0n) is 17.0. The van der Waals surface area contributed by atoms with E-state index in [4.69, 9.17) is 5.11 Å². The van der Waals surface area contributed by atoms with Crippen LogP contribution >= 0.6 is 10.7 Å². The highest BCUT2D eigenvalue weighted by molar-refractivity contribution is 8.13. The van der Waals surface area contributed by atoms with Gasteiger partial charge in [-0.05, 0) is 38.8 Å². The summed E-state index contributed by atoms with van der Waals surface area (Å²) >= 11 is 0. The lowest BCUT2D eigenvalue weighted by Crippen LogP contribution is -2.38. The van der Waals surface area contributed by atoms with Crippen LogP contribution in [0.15, 0.2) is 0 Å². The fraction of sp³-hybridized carbons (Fsp3) is 1.00. The monoisotopic (exact) mass is 486 g/mol. The number of β-amino-alcohol motifs (C(OH)–C–C–N with tert-alkyl or cyclic N) is 1. The Morgan fingerprint density at radius 1 is 0.966 bits per heavy atom. The van der Waals surface area contributed by atoms with Crippen LogP contribution in [-0.4, -0.2) is 109 Å². The second-order valence-electron chi connectivity index (χ2n) is 7.01. The Morgan fingerprint density at radius 3 is 1.72 bits per heavy atom. The van der Waals surface area contributed by atoms with Gasteiger partial charge >= 0.3 is 0 Å². The molecule has 2 aliphatic heterocycles. The maximum Gasteiger partial charge on any atom is 0.264 e. The predicted molar refractivity (Wildman–Crippen MR) is 110 cm³/mol. The number of nitrogens with zero attached hydrogens (tertiary/aromatic N) is 2. The van der Waals surface area contributed by atoms with Gasteiger partial charge in [-0.25, -0.2) is 17.2 Å². The first kappa shape index (κ1) is 28.9. The first-order valence-electron chi connectivity index (χ1n) is 9.38. The van der Waals surface area contributed by atoms with E-state index in [1.165, 1.54) is 0 Å². The third kappa shape index (κ3) is 20.9. The number of hydrogen-bond acceptors (Lipinski definition) is 8. The molecule has 13 heteroatoms. The second-order valence-corrected chi connectivity index (χ2v) is 11.7. The van der Waals surface area contributed by atoms with E-state index >= 15 is 0 Å². The van der Waals surface area contributed by atoms with E-state index in [9.17, 15) is 25.6 Å². The third-order valence-corrected chi connectivity index (χ3v) is 4.61. The van der Waals surface area contributed by atoms with E-state index in [1.807, 2.05) is 9.80 Å². The Bertz CT molecular complexity index is 629. The van der Waals surface area contributed by atoms with Crippen LogP contribution < -0.4 is 0 Å². The summed E-state index contributed by atoms with van der Waals surface area (Å²) in [6.07, 6.45) is 3.57. The summed E-state index contributed by atoms with van der Waals surface area (Å²) in [6, 6.07) is 0. The van der Waals surface area contributed by atoms with Gasteiger partial charge in [0.2, 0.25) is 9.05 Å². The average Bonchev–Trinajstić information content (AvgIpc) is 2.53. The first-order valence-corrected chi connectivity index (χ1v) is 13.9. The topological polar surface area (TPSA) is 104 Å². The zero-order valence-corrected chi connectivity index (χ0v) is 19.4. The Hall–Kier alpha value is -0.110. The number of piperidine rings is 2. The minimum absolute atomic E-state index is 0.117. The van der Waals surface area contributed by atoms with Crippen molar-refractivity contribution in [1.82, 2.24) is 9.80 Å². The quantitative estimate of drug-likeness (QED) is 0.438. The SMILES string of the molecule is CS(=O)(=O)Cl.CS(=O)(=O)OCCN1CCCC(F)C1.OCCN1CCCC(F)C1. The van der Waals surface area contributed by atoms with Gasteiger partial charge < -0.3 is 5.11 Å². The van der Waals surface area contributed by atoms with Crippen molar-refractivity contribution in [3.8, 4) is 0 Å². The molecule has 8 nitrogen and oxygen atoms in total. The number of halogens is 3. The summed E-state index contributed by atoms with van der Waals surface area (Å²) in [5.74, 6) is 0. The summed E-state index contributed by atoms with van der Waals surface area (Å²) in [5, 5.41) is 8.54. The van der Waals surface area contributed by atoms with Crippen molar-refractivity contribution in [3.63, 3.8) is 0 Å². The summed E-state index contributed by atoms with van der Waals surface area (Å²) in [5.41, 5.74) is 0. The average molecular weight is 487 g/mol. The van der Waals surface area contributed by atoms with Crippen LogP contribution in [0, 0.1) is 0 Å². The largest absolute Gasteiger partial charge is 0.395 e. The van der Waals surface area contributed by atoms with Crippen LogP contribution in [0.1, 0.15) is 25.7 Å². The molecule has 2 unspecified atom stereocenters. The van der Waals surface area contributed by atoms with Crippen LogP contribution in [0.3, 0.4) is 0 Å². The number of rotatable bonds is 6. The van der Waals surface area contributed by atoms with E-state index in [-0.39, 0.29) is 13.2 Å². The maximum atomic E-state index is 12.9. The molecule has 0 radical (unpaired) electrons. The van der Waals surface area contributed by atoms with E-state index in [2.05, 4.69) is 14.9 Å². The van der Waals surface area contributed by atoms with Crippen molar-refractivity contribution in [2.24, 2.45) is 0 Å². The maximum absolute atomic E-state index is 12.9. The molecule has 0 aromatic heterocycles. The lowest BCUT2D eigenvalue weighted by molar-refractivity contribution is 0.116. The van der Waals surface area contributed by atoms with Gasteiger partial charge in [0.05, 0.1) is 25.7 Å². The molecule has 2 saturated heterocycles. The third-order valence-electron chi connectivity index (χ3n) is 4.02. The molecule has 0 aromatic rings. The summed E-state index contributed by atoms with van der Waals surface area (Å²) in [6.45, 7) is 4.05. The number of aliphatic hydroxyl groups excluding tert-OH is 1. The van der Waals surface area contributed by atoms with E-state index in [0.29, 0.717) is 39.0 Å². The molecule has 1 N–H and O–H groups in total. The van der Waals surface area contributed by atoms with Gasteiger partial charge in [0.25, 0.3) is 10.1 Å². The second kappa shape index (κ2) is 14.8. The Kier molecular flexibility index (Phi) is 14.8. The molecule has 0 aromatic carbocycles. The Balaban J connectivity index is 0.000000455. The molecule has 2 aliphatic rings. The van der Waals surface area contributed by atoms with Gasteiger partial charge in [-0.2, -0.15) is 8.42 Å². The van der Waals surface area contributed by atoms with Crippen molar-refractivity contribution in [1.29, 1.82) is 0 Å². The van der Waals surface area contributed by atoms with Gasteiger partial charge in [-0.3, -0.25) is 14.0 Å². The van der Waals surface area contributed by atoms with Gasteiger partial charge in [0.15, 0.2) is 0 Å². The first-order chi connectivity index (χ1) is 13.3. The molecular formula is C16H33ClF2N2O6S2. The van der Waals surface area contributed by atoms with Crippen molar-refractivity contribution in [3.05, 3.63) is 0 Å². The van der Waals surface area contributed by atoms with Gasteiger partial charge in [0, 0.05) is 36.9 Å². The van der Waals surface area contributed by atoms with E-state index < -0.39 is 31.5 Å². The predicted octanol–water partition coefficient (Wildman–Crippen LogP) is 0.994. The lowest BCUT2D eigenvalue weighted by atomic mass is 10.1. The standard InChI is InChI=1S/C8H16FNO3S.C7H14FNO.CH3ClO2S/c1-14(11,12)13-6-5-10-4-2-3-8(9)7-10;8-7-2-1-3-9(6-7)4-5-10;1-5(2,3)4/h8H,2-7H2,1H3;7,10H,1-6H2;1H3. The van der Waals surface area contributed by atoms with Gasteiger partial charge in [-0.1, -0.05) is 0 Å². The van der Waals surface area contributed by atoms with Crippen LogP contribution in [0.4, 0.5) is 8.78 Å². The molecule has 2 atom stereocenters. The molecule has 0 spiro atoms. The molecule has 0 aliphatic carbocycles. The molecule has 2 rings (SSSR count). The number of alkyl halides is 2. The van der Waals surface area contributed by atoms with Crippen molar-refractivity contribution in [2.45, 2.75) is 38.0 Å². The summed E-state index contributed by atoms with van der Waals surface area (Å²) in [4.78, 5) is 3.85. The molecule has 2 heterocycles. The van der Waals surface area contributed by atoms with Crippen LogP contribution in [0.5, 0.6) is 0 Å². The molecule has 0 saturated carbocycles. The van der Waals surface area contributed by atoms with E-state index in [1.54, 1.807) is 0 Å². The highest BCUT2D eigenvalue weighted by Crippen LogP contribution is 2.12. The summed E-state index contributed by atoms with van der Waals surface area (Å²) < 4.78 is 70.1. The van der Waals surface area contributed by atoms with Gasteiger partial charge in [-0.15, -0.1) is 0 Å². The van der Waals surface area contributed by atoms with Crippen LogP contribution in [0.25, 0.3) is 0 Å². The molecule has 2 fully saturated rings. The zero-order chi connectivity index (χ0) is 22.5. The highest BCUT2D eigenvalue weighted by Gasteiger charge is 2.19. The highest BCUT2D eigenvalue weighted by atomic mass is 35.7. The smallest absolute Gasteiger partial charge is 0.264 e. The van der Waals surface area contributed by atoms with Crippen LogP contribution in [0.2, 0.25) is 0 Å². The Morgan fingerprint density at radius 2 is 1.38 bits per heavy atom. The molecular weight excluding hydrogens is 454 g/mol. The molecule has 176 valence electrons. The number of hydrogen-bond donors (Lipinski definition) is 1.